The Morgan fingerprint density at radius 3 is 2.31 bits per heavy atom. The van der Waals surface area contributed by atoms with Gasteiger partial charge in [-0.1, -0.05) is 40.0 Å². The molecule has 0 aromatic rings. The van der Waals surface area contributed by atoms with Crippen molar-refractivity contribution in [3.63, 3.8) is 0 Å². The third kappa shape index (κ3) is 5.60. The van der Waals surface area contributed by atoms with Crippen LogP contribution < -0.4 is 5.32 Å². The van der Waals surface area contributed by atoms with E-state index in [0.717, 1.165) is 41.3 Å². The zero-order chi connectivity index (χ0) is 19.7. The van der Waals surface area contributed by atoms with Crippen molar-refractivity contribution in [2.75, 3.05) is 7.05 Å². The molecule has 0 saturated heterocycles. The van der Waals surface area contributed by atoms with E-state index in [0.29, 0.717) is 0 Å². The summed E-state index contributed by atoms with van der Waals surface area (Å²) in [5.41, 5.74) is 0.723. The molecule has 0 spiro atoms. The maximum Gasteiger partial charge on any atom is 0.295 e. The number of amides is 1. The van der Waals surface area contributed by atoms with Crippen molar-refractivity contribution in [3.8, 4) is 12.3 Å². The molecule has 0 aliphatic heterocycles. The van der Waals surface area contributed by atoms with E-state index in [-0.39, 0.29) is 5.91 Å². The van der Waals surface area contributed by atoms with Crippen molar-refractivity contribution >= 4 is 12.2 Å². The Morgan fingerprint density at radius 1 is 1.15 bits per heavy atom. The van der Waals surface area contributed by atoms with Gasteiger partial charge in [0.05, 0.1) is 0 Å². The number of hydrogen-bond donors (Lipinski definition) is 1. The van der Waals surface area contributed by atoms with Crippen LogP contribution in [0.1, 0.15) is 79.1 Å². The molecule has 3 aliphatic carbocycles. The molecule has 3 fully saturated rings. The normalized spacial score (nSPS) is 37.8. The van der Waals surface area contributed by atoms with Gasteiger partial charge in [0.1, 0.15) is 6.29 Å². The van der Waals surface area contributed by atoms with Crippen molar-refractivity contribution in [2.45, 2.75) is 79.1 Å². The van der Waals surface area contributed by atoms with Gasteiger partial charge >= 0.3 is 0 Å². The summed E-state index contributed by atoms with van der Waals surface area (Å²) in [6, 6.07) is 0. The highest BCUT2D eigenvalue weighted by atomic mass is 16.1. The van der Waals surface area contributed by atoms with Crippen molar-refractivity contribution in [2.24, 2.45) is 35.0 Å². The van der Waals surface area contributed by atoms with E-state index in [2.05, 4.69) is 32.5 Å². The molecule has 3 rings (SSSR count). The zero-order valence-corrected chi connectivity index (χ0v) is 17.5. The smallest absolute Gasteiger partial charge is 0.295 e. The lowest BCUT2D eigenvalue weighted by atomic mass is 9.47. The minimum atomic E-state index is -0.380. The van der Waals surface area contributed by atoms with E-state index >= 15 is 0 Å². The van der Waals surface area contributed by atoms with Crippen LogP contribution in [0.4, 0.5) is 0 Å². The van der Waals surface area contributed by atoms with Gasteiger partial charge in [0, 0.05) is 7.05 Å². The van der Waals surface area contributed by atoms with Crippen LogP contribution in [0.2, 0.25) is 0 Å². The van der Waals surface area contributed by atoms with E-state index < -0.39 is 0 Å². The maximum absolute atomic E-state index is 9.83. The van der Waals surface area contributed by atoms with Gasteiger partial charge in [-0.15, -0.1) is 6.42 Å². The Kier molecular flexibility index (Phi) is 9.41. The Morgan fingerprint density at radius 2 is 1.77 bits per heavy atom. The van der Waals surface area contributed by atoms with Crippen LogP contribution in [0.15, 0.2) is 0 Å². The van der Waals surface area contributed by atoms with Crippen molar-refractivity contribution in [3.05, 3.63) is 0 Å². The first kappa shape index (κ1) is 22.7. The molecule has 3 nitrogen and oxygen atoms in total. The molecule has 0 radical (unpaired) electrons. The molecule has 3 saturated carbocycles. The number of nitrogens with one attached hydrogen (secondary N) is 1. The molecule has 3 heteroatoms. The average Bonchev–Trinajstić information content (AvgIpc) is 2.61. The Hall–Kier alpha value is -1.30. The largest absolute Gasteiger partial charge is 0.348 e. The molecule has 148 valence electrons. The van der Waals surface area contributed by atoms with Crippen molar-refractivity contribution in [1.29, 1.82) is 0 Å². The van der Waals surface area contributed by atoms with Gasteiger partial charge in [0.25, 0.3) is 5.91 Å². The average molecular weight is 362 g/mol. The monoisotopic (exact) mass is 361 g/mol. The van der Waals surface area contributed by atoms with Gasteiger partial charge in [-0.05, 0) is 80.0 Å². The van der Waals surface area contributed by atoms with Gasteiger partial charge in [0.2, 0.25) is 0 Å². The molecular weight excluding hydrogens is 322 g/mol. The van der Waals surface area contributed by atoms with Crippen LogP contribution in [-0.2, 0) is 9.59 Å². The Labute approximate surface area is 161 Å². The molecular formula is C23H39NO2. The van der Waals surface area contributed by atoms with Crippen LogP contribution >= 0.6 is 0 Å². The highest BCUT2D eigenvalue weighted by Gasteiger charge is 2.51. The van der Waals surface area contributed by atoms with Crippen LogP contribution in [-0.4, -0.2) is 19.2 Å². The van der Waals surface area contributed by atoms with Crippen LogP contribution in [0.25, 0.3) is 0 Å². The van der Waals surface area contributed by atoms with Gasteiger partial charge in [-0.3, -0.25) is 4.79 Å². The number of aldehydes is 1. The molecule has 0 aromatic carbocycles. The van der Waals surface area contributed by atoms with Crippen molar-refractivity contribution in [1.82, 2.24) is 5.32 Å². The minimum Gasteiger partial charge on any atom is -0.348 e. The Balaban J connectivity index is 0.000000318. The lowest BCUT2D eigenvalue weighted by molar-refractivity contribution is -0.115. The number of terminal acetylenes is 1. The number of carbonyl (C=O) groups excluding carboxylic acids is 2. The summed E-state index contributed by atoms with van der Waals surface area (Å²) >= 11 is 0. The molecule has 0 heterocycles. The molecule has 0 bridgehead atoms. The van der Waals surface area contributed by atoms with Gasteiger partial charge in [-0.25, -0.2) is 0 Å². The van der Waals surface area contributed by atoms with Crippen molar-refractivity contribution < 1.29 is 9.59 Å². The molecule has 6 atom stereocenters. The quantitative estimate of drug-likeness (QED) is 0.495. The lowest BCUT2D eigenvalue weighted by Crippen LogP contribution is -2.49. The number of carbonyl (C=O) groups is 2. The number of hydrogen-bond acceptors (Lipinski definition) is 2. The van der Waals surface area contributed by atoms with E-state index in [1.807, 2.05) is 5.92 Å². The number of rotatable bonds is 0. The summed E-state index contributed by atoms with van der Waals surface area (Å²) in [7, 11) is 1.49. The van der Waals surface area contributed by atoms with Crippen LogP contribution in [0, 0.1) is 47.3 Å². The predicted molar refractivity (Wildman–Crippen MR) is 108 cm³/mol. The highest BCUT2D eigenvalue weighted by Crippen LogP contribution is 2.60. The maximum atomic E-state index is 9.83. The summed E-state index contributed by atoms with van der Waals surface area (Å²) in [6.07, 6.45) is 17.6. The predicted octanol–water partition coefficient (Wildman–Crippen LogP) is 4.85. The molecule has 26 heavy (non-hydrogen) atoms. The van der Waals surface area contributed by atoms with E-state index in [9.17, 15) is 4.79 Å². The van der Waals surface area contributed by atoms with Crippen LogP contribution in [0.3, 0.4) is 0 Å². The first-order chi connectivity index (χ1) is 12.3. The van der Waals surface area contributed by atoms with Gasteiger partial charge in [-0.2, -0.15) is 0 Å². The minimum absolute atomic E-state index is 0.380. The molecule has 1 amide bonds. The summed E-state index contributed by atoms with van der Waals surface area (Å²) in [6.45, 7) is 9.13. The molecule has 1 N–H and O–H groups in total. The fraction of sp³-hybridized carbons (Fsp3) is 0.826. The first-order valence-corrected chi connectivity index (χ1v) is 10.4. The molecule has 3 aliphatic rings. The lowest BCUT2D eigenvalue weighted by Gasteiger charge is -2.58. The fourth-order valence-corrected chi connectivity index (χ4v) is 6.07. The van der Waals surface area contributed by atoms with E-state index in [1.54, 1.807) is 25.7 Å². The van der Waals surface area contributed by atoms with Crippen LogP contribution in [0.5, 0.6) is 0 Å². The summed E-state index contributed by atoms with van der Waals surface area (Å²) in [5.74, 6) is 6.74. The Bertz CT molecular complexity index is 495. The third-order valence-electron chi connectivity index (χ3n) is 7.21. The third-order valence-corrected chi connectivity index (χ3v) is 7.21. The number of fused-ring (bicyclic) bond motifs is 3. The molecule has 5 unspecified atom stereocenters. The highest BCUT2D eigenvalue weighted by molar-refractivity contribution is 5.92. The van der Waals surface area contributed by atoms with Gasteiger partial charge < -0.3 is 10.1 Å². The molecule has 0 aromatic heterocycles. The second kappa shape index (κ2) is 10.8. The van der Waals surface area contributed by atoms with Gasteiger partial charge in [0.15, 0.2) is 0 Å². The summed E-state index contributed by atoms with van der Waals surface area (Å²) < 4.78 is 0. The van der Waals surface area contributed by atoms with E-state index in [1.165, 1.54) is 39.7 Å². The second-order valence-electron chi connectivity index (χ2n) is 8.80. The summed E-state index contributed by atoms with van der Waals surface area (Å²) in [4.78, 5) is 18.6. The van der Waals surface area contributed by atoms with E-state index in [4.69, 9.17) is 4.79 Å². The summed E-state index contributed by atoms with van der Waals surface area (Å²) in [5, 5.41) is 2.24. The SMILES string of the molecule is C#CC(=O)NC.CC1CCC2C(CCC3C(C)CCC[C@]32C)C1.CC=O. The first-order valence-electron chi connectivity index (χ1n) is 10.4. The fourth-order valence-electron chi connectivity index (χ4n) is 6.07. The standard InChI is InChI=1S/C17H30.C4H5NO.C2H4O/c1-12-6-8-16-14(11-12)7-9-15-13(2)5-4-10-17(15,16)3;1-3-4(6)5-2;1-2-3/h12-16H,4-11H2,1-3H3;1H,2H3,(H,5,6);2H,1H3/t12?,13?,14?,15?,16?,17-;;/m1../s1. The topological polar surface area (TPSA) is 46.2 Å². The zero-order valence-electron chi connectivity index (χ0n) is 17.5. The second-order valence-corrected chi connectivity index (χ2v) is 8.80.